The van der Waals surface area contributed by atoms with Gasteiger partial charge in [0, 0.05) is 5.92 Å². The van der Waals surface area contributed by atoms with Gasteiger partial charge in [0.25, 0.3) is 0 Å². The van der Waals surface area contributed by atoms with Gasteiger partial charge >= 0.3 is 5.97 Å². The number of aliphatic carboxylic acids is 1. The highest BCUT2D eigenvalue weighted by atomic mass is 16.4. The van der Waals surface area contributed by atoms with Gasteiger partial charge in [-0.05, 0) is 17.5 Å². The fourth-order valence-electron chi connectivity index (χ4n) is 2.20. The zero-order chi connectivity index (χ0) is 11.8. The molecule has 0 radical (unpaired) electrons. The van der Waals surface area contributed by atoms with Crippen molar-refractivity contribution in [2.45, 2.75) is 24.8 Å². The largest absolute Gasteiger partial charge is 0.480 e. The van der Waals surface area contributed by atoms with E-state index in [1.165, 1.54) is 0 Å². The van der Waals surface area contributed by atoms with Crippen molar-refractivity contribution in [3.63, 3.8) is 0 Å². The number of hydrogen-bond acceptors (Lipinski definition) is 2. The Morgan fingerprint density at radius 3 is 2.81 bits per heavy atom. The first-order valence-corrected chi connectivity index (χ1v) is 5.39. The summed E-state index contributed by atoms with van der Waals surface area (Å²) < 4.78 is 0. The number of benzene rings is 1. The fraction of sp³-hybridized carbons (Fsp3) is 0.308. The van der Waals surface area contributed by atoms with Crippen molar-refractivity contribution in [2.24, 2.45) is 5.73 Å². The first kappa shape index (κ1) is 10.9. The summed E-state index contributed by atoms with van der Waals surface area (Å²) in [5.41, 5.74) is 6.88. The molecule has 2 rings (SSSR count). The highest BCUT2D eigenvalue weighted by Crippen LogP contribution is 2.38. The van der Waals surface area contributed by atoms with E-state index < -0.39 is 11.5 Å². The van der Waals surface area contributed by atoms with Gasteiger partial charge in [-0.3, -0.25) is 4.79 Å². The molecule has 1 aliphatic carbocycles. The maximum atomic E-state index is 11.3. The van der Waals surface area contributed by atoms with E-state index in [0.29, 0.717) is 6.42 Å². The van der Waals surface area contributed by atoms with Gasteiger partial charge < -0.3 is 10.8 Å². The SMILES string of the molecule is CCC(N)(C(=O)O)C1C=Cc2ccccc21. The van der Waals surface area contributed by atoms with Gasteiger partial charge in [-0.15, -0.1) is 0 Å². The van der Waals surface area contributed by atoms with Crippen LogP contribution in [0.15, 0.2) is 30.3 Å². The third-order valence-electron chi connectivity index (χ3n) is 3.34. The Balaban J connectivity index is 2.45. The van der Waals surface area contributed by atoms with E-state index in [1.807, 2.05) is 43.3 Å². The number of fused-ring (bicyclic) bond motifs is 1. The lowest BCUT2D eigenvalue weighted by Gasteiger charge is -2.29. The maximum Gasteiger partial charge on any atom is 0.324 e. The first-order chi connectivity index (χ1) is 7.59. The molecule has 0 fully saturated rings. The molecule has 0 spiro atoms. The molecule has 1 aliphatic rings. The molecular formula is C13H15NO2. The standard InChI is InChI=1S/C13H15NO2/c1-2-13(14,12(15)16)11-8-7-9-5-3-4-6-10(9)11/h3-8,11H,2,14H2,1H3,(H,15,16). The number of carboxylic acid groups (broad SMARTS) is 1. The summed E-state index contributed by atoms with van der Waals surface area (Å²) >= 11 is 0. The van der Waals surface area contributed by atoms with Gasteiger partial charge in [0.15, 0.2) is 0 Å². The van der Waals surface area contributed by atoms with Gasteiger partial charge in [0.1, 0.15) is 5.54 Å². The second-order valence-electron chi connectivity index (χ2n) is 4.16. The van der Waals surface area contributed by atoms with Crippen LogP contribution in [-0.2, 0) is 4.79 Å². The lowest BCUT2D eigenvalue weighted by Crippen LogP contribution is -2.51. The summed E-state index contributed by atoms with van der Waals surface area (Å²) in [4.78, 5) is 11.3. The Bertz CT molecular complexity index is 453. The molecular weight excluding hydrogens is 202 g/mol. The number of carboxylic acids is 1. The predicted octanol–water partition coefficient (Wildman–Crippen LogP) is 1.99. The molecule has 0 amide bonds. The molecule has 84 valence electrons. The van der Waals surface area contributed by atoms with E-state index in [2.05, 4.69) is 0 Å². The van der Waals surface area contributed by atoms with Gasteiger partial charge in [0.05, 0.1) is 0 Å². The summed E-state index contributed by atoms with van der Waals surface area (Å²) in [6.45, 7) is 1.81. The minimum absolute atomic E-state index is 0.230. The van der Waals surface area contributed by atoms with Crippen molar-refractivity contribution in [3.8, 4) is 0 Å². The molecule has 0 heterocycles. The Kier molecular flexibility index (Phi) is 2.56. The average molecular weight is 217 g/mol. The summed E-state index contributed by atoms with van der Waals surface area (Å²) in [6.07, 6.45) is 4.24. The van der Waals surface area contributed by atoms with Crippen molar-refractivity contribution in [3.05, 3.63) is 41.5 Å². The van der Waals surface area contributed by atoms with Gasteiger partial charge in [-0.1, -0.05) is 43.3 Å². The van der Waals surface area contributed by atoms with E-state index in [4.69, 9.17) is 5.73 Å². The van der Waals surface area contributed by atoms with E-state index in [0.717, 1.165) is 11.1 Å². The minimum atomic E-state index is -1.21. The van der Waals surface area contributed by atoms with Crippen molar-refractivity contribution in [1.29, 1.82) is 0 Å². The molecule has 2 unspecified atom stereocenters. The number of rotatable bonds is 3. The molecule has 1 aromatic rings. The normalized spacial score (nSPS) is 21.5. The number of carbonyl (C=O) groups is 1. The Morgan fingerprint density at radius 1 is 1.50 bits per heavy atom. The van der Waals surface area contributed by atoms with Crippen molar-refractivity contribution < 1.29 is 9.90 Å². The zero-order valence-electron chi connectivity index (χ0n) is 9.18. The third-order valence-corrected chi connectivity index (χ3v) is 3.34. The van der Waals surface area contributed by atoms with Gasteiger partial charge in [0.2, 0.25) is 0 Å². The number of nitrogens with two attached hydrogens (primary N) is 1. The lowest BCUT2D eigenvalue weighted by molar-refractivity contribution is -0.144. The van der Waals surface area contributed by atoms with Crippen molar-refractivity contribution >= 4 is 12.0 Å². The van der Waals surface area contributed by atoms with Crippen LogP contribution in [0.2, 0.25) is 0 Å². The molecule has 3 N–H and O–H groups in total. The molecule has 0 aromatic heterocycles. The van der Waals surface area contributed by atoms with E-state index in [1.54, 1.807) is 0 Å². The van der Waals surface area contributed by atoms with E-state index >= 15 is 0 Å². The van der Waals surface area contributed by atoms with E-state index in [9.17, 15) is 9.90 Å². The molecule has 0 bridgehead atoms. The highest BCUT2D eigenvalue weighted by Gasteiger charge is 2.42. The van der Waals surface area contributed by atoms with Crippen LogP contribution in [0.25, 0.3) is 6.08 Å². The van der Waals surface area contributed by atoms with Gasteiger partial charge in [-0.25, -0.2) is 0 Å². The predicted molar refractivity (Wildman–Crippen MR) is 63.1 cm³/mol. The van der Waals surface area contributed by atoms with Crippen LogP contribution in [0, 0.1) is 0 Å². The van der Waals surface area contributed by atoms with Crippen LogP contribution in [0.3, 0.4) is 0 Å². The van der Waals surface area contributed by atoms with E-state index in [-0.39, 0.29) is 5.92 Å². The molecule has 0 saturated carbocycles. The monoisotopic (exact) mass is 217 g/mol. The van der Waals surface area contributed by atoms with Crippen LogP contribution in [0.5, 0.6) is 0 Å². The zero-order valence-corrected chi connectivity index (χ0v) is 9.18. The minimum Gasteiger partial charge on any atom is -0.480 e. The molecule has 1 aromatic carbocycles. The Morgan fingerprint density at radius 2 is 2.19 bits per heavy atom. The van der Waals surface area contributed by atoms with Crippen LogP contribution in [0.1, 0.15) is 30.4 Å². The molecule has 0 aliphatic heterocycles. The smallest absolute Gasteiger partial charge is 0.324 e. The second kappa shape index (κ2) is 3.76. The van der Waals surface area contributed by atoms with Crippen LogP contribution in [0.4, 0.5) is 0 Å². The maximum absolute atomic E-state index is 11.3. The molecule has 2 atom stereocenters. The average Bonchev–Trinajstić information content (AvgIpc) is 2.72. The first-order valence-electron chi connectivity index (χ1n) is 5.39. The van der Waals surface area contributed by atoms with Crippen LogP contribution < -0.4 is 5.73 Å². The van der Waals surface area contributed by atoms with Crippen molar-refractivity contribution in [2.75, 3.05) is 0 Å². The molecule has 16 heavy (non-hydrogen) atoms. The highest BCUT2D eigenvalue weighted by molar-refractivity contribution is 5.82. The van der Waals surface area contributed by atoms with Gasteiger partial charge in [-0.2, -0.15) is 0 Å². The van der Waals surface area contributed by atoms with Crippen LogP contribution >= 0.6 is 0 Å². The number of hydrogen-bond donors (Lipinski definition) is 2. The fourth-order valence-corrected chi connectivity index (χ4v) is 2.20. The molecule has 0 saturated heterocycles. The lowest BCUT2D eigenvalue weighted by atomic mass is 9.79. The summed E-state index contributed by atoms with van der Waals surface area (Å²) in [5, 5.41) is 9.26. The second-order valence-corrected chi connectivity index (χ2v) is 4.16. The Labute approximate surface area is 94.6 Å². The summed E-state index contributed by atoms with van der Waals surface area (Å²) in [7, 11) is 0. The quantitative estimate of drug-likeness (QED) is 0.813. The topological polar surface area (TPSA) is 63.3 Å². The van der Waals surface area contributed by atoms with Crippen molar-refractivity contribution in [1.82, 2.24) is 0 Å². The summed E-state index contributed by atoms with van der Waals surface area (Å²) in [5.74, 6) is -1.17. The molecule has 3 heteroatoms. The summed E-state index contributed by atoms with van der Waals surface area (Å²) in [6, 6.07) is 7.78. The third kappa shape index (κ3) is 1.44. The Hall–Kier alpha value is -1.61. The molecule has 3 nitrogen and oxygen atoms in total. The van der Waals surface area contributed by atoms with Crippen LogP contribution in [-0.4, -0.2) is 16.6 Å².